The summed E-state index contributed by atoms with van der Waals surface area (Å²) >= 11 is 0. The lowest BCUT2D eigenvalue weighted by Gasteiger charge is -2.07. The normalized spacial score (nSPS) is 10.7. The molecular formula is C20H24N4O8S2. The zero-order valence-corrected chi connectivity index (χ0v) is 19.7. The van der Waals surface area contributed by atoms with Gasteiger partial charge in [-0.2, -0.15) is 16.8 Å². The number of ether oxygens (including phenoxy) is 1. The van der Waals surface area contributed by atoms with Gasteiger partial charge in [0.15, 0.2) is 5.96 Å². The zero-order chi connectivity index (χ0) is 26.1. The third-order valence-electron chi connectivity index (χ3n) is 3.45. The van der Waals surface area contributed by atoms with E-state index in [4.69, 9.17) is 30.7 Å². The molecule has 0 bridgehead atoms. The Labute approximate surface area is 196 Å². The molecule has 0 aliphatic carbocycles. The second-order valence-corrected chi connectivity index (χ2v) is 9.67. The second kappa shape index (κ2) is 11.9. The van der Waals surface area contributed by atoms with Gasteiger partial charge in [0.1, 0.15) is 5.75 Å². The minimum absolute atomic E-state index is 0.165. The van der Waals surface area contributed by atoms with Gasteiger partial charge >= 0.3 is 5.97 Å². The van der Waals surface area contributed by atoms with E-state index in [1.165, 1.54) is 0 Å². The van der Waals surface area contributed by atoms with Gasteiger partial charge in [-0.25, -0.2) is 4.79 Å². The summed E-state index contributed by atoms with van der Waals surface area (Å²) in [6.07, 6.45) is 1.43. The summed E-state index contributed by atoms with van der Waals surface area (Å²) in [5, 5.41) is 11.7. The minimum atomic E-state index is -3.67. The Bertz CT molecular complexity index is 1330. The molecule has 12 nitrogen and oxygen atoms in total. The first-order valence-electron chi connectivity index (χ1n) is 9.09. The number of rotatable bonds is 3. The molecule has 0 heterocycles. The lowest BCUT2D eigenvalue weighted by molar-refractivity contribution is 0.0735. The molecule has 0 saturated heterocycles. The zero-order valence-electron chi connectivity index (χ0n) is 18.1. The first-order chi connectivity index (χ1) is 15.5. The van der Waals surface area contributed by atoms with Crippen LogP contribution in [0.15, 0.2) is 60.7 Å². The van der Waals surface area contributed by atoms with Crippen molar-refractivity contribution < 1.29 is 35.5 Å². The van der Waals surface area contributed by atoms with Crippen LogP contribution in [-0.2, 0) is 20.2 Å². The van der Waals surface area contributed by atoms with Gasteiger partial charge in [-0.3, -0.25) is 14.5 Å². The number of carbonyl (C=O) groups excluding carboxylic acids is 1. The highest BCUT2D eigenvalue weighted by molar-refractivity contribution is 7.85. The van der Waals surface area contributed by atoms with E-state index in [0.717, 1.165) is 10.8 Å². The molecule has 0 aliphatic heterocycles. The molecule has 3 aromatic carbocycles. The Morgan fingerprint density at radius 2 is 1.35 bits per heavy atom. The lowest BCUT2D eigenvalue weighted by Crippen LogP contribution is -2.20. The van der Waals surface area contributed by atoms with Crippen molar-refractivity contribution in [3.63, 3.8) is 0 Å². The van der Waals surface area contributed by atoms with E-state index in [9.17, 15) is 21.6 Å². The largest absolute Gasteiger partial charge is 0.423 e. The van der Waals surface area contributed by atoms with E-state index >= 15 is 0 Å². The predicted octanol–water partition coefficient (Wildman–Crippen LogP) is 1.95. The van der Waals surface area contributed by atoms with E-state index in [2.05, 4.69) is 5.32 Å². The highest BCUT2D eigenvalue weighted by Crippen LogP contribution is 2.23. The third-order valence-corrected chi connectivity index (χ3v) is 3.45. The van der Waals surface area contributed by atoms with Crippen LogP contribution in [0.5, 0.6) is 5.75 Å². The average Bonchev–Trinajstić information content (AvgIpc) is 2.65. The maximum Gasteiger partial charge on any atom is 0.343 e. The van der Waals surface area contributed by atoms with Gasteiger partial charge in [-0.05, 0) is 59.3 Å². The molecule has 0 aliphatic rings. The molecule has 0 atom stereocenters. The van der Waals surface area contributed by atoms with E-state index in [-0.39, 0.29) is 5.96 Å². The molecular weight excluding hydrogens is 488 g/mol. The fourth-order valence-electron chi connectivity index (χ4n) is 2.32. The summed E-state index contributed by atoms with van der Waals surface area (Å²) in [5.41, 5.74) is 12.7. The smallest absolute Gasteiger partial charge is 0.343 e. The van der Waals surface area contributed by atoms with Gasteiger partial charge in [-0.1, -0.05) is 12.1 Å². The number of nitrogen functional groups attached to an aromatic ring is 1. The van der Waals surface area contributed by atoms with Crippen LogP contribution >= 0.6 is 0 Å². The number of esters is 1. The van der Waals surface area contributed by atoms with E-state index < -0.39 is 26.2 Å². The molecule has 184 valence electrons. The van der Waals surface area contributed by atoms with Gasteiger partial charge in [-0.15, -0.1) is 0 Å². The highest BCUT2D eigenvalue weighted by atomic mass is 32.2. The van der Waals surface area contributed by atoms with Crippen LogP contribution in [0, 0.1) is 5.41 Å². The standard InChI is InChI=1S/C18H16N4O2.2CH4O3S/c19-14-5-1-13-10-16(8-4-12(13)9-14)24-17(23)11-2-6-15(7-3-11)22-18(20)21;2*1-5(2,3)4/h1-10H,19H2,(H4,20,21,22);2*1H3,(H,2,3,4). The van der Waals surface area contributed by atoms with Gasteiger partial charge in [0, 0.05) is 11.4 Å². The number of carbonyl (C=O) groups is 1. The Kier molecular flexibility index (Phi) is 9.95. The molecule has 3 aromatic rings. The molecule has 0 amide bonds. The van der Waals surface area contributed by atoms with Crippen LogP contribution in [0.2, 0.25) is 0 Å². The van der Waals surface area contributed by atoms with Crippen LogP contribution in [0.4, 0.5) is 11.4 Å². The SMILES string of the molecule is CS(=O)(=O)O.CS(=O)(=O)O.N=C(N)Nc1ccc(C(=O)Oc2ccc3cc(N)ccc3c2)cc1. The number of guanidine groups is 1. The van der Waals surface area contributed by atoms with Crippen molar-refractivity contribution in [3.05, 3.63) is 66.2 Å². The van der Waals surface area contributed by atoms with Crippen molar-refractivity contribution in [1.29, 1.82) is 5.41 Å². The van der Waals surface area contributed by atoms with Crippen molar-refractivity contribution in [2.75, 3.05) is 23.6 Å². The minimum Gasteiger partial charge on any atom is -0.423 e. The number of benzene rings is 3. The Balaban J connectivity index is 0.000000489. The maximum absolute atomic E-state index is 12.2. The summed E-state index contributed by atoms with van der Waals surface area (Å²) in [6, 6.07) is 17.4. The van der Waals surface area contributed by atoms with Crippen LogP contribution in [0.1, 0.15) is 10.4 Å². The van der Waals surface area contributed by atoms with Crippen LogP contribution in [0.3, 0.4) is 0 Å². The van der Waals surface area contributed by atoms with E-state index in [0.29, 0.717) is 35.2 Å². The molecule has 8 N–H and O–H groups in total. The molecule has 14 heteroatoms. The topological polar surface area (TPSA) is 223 Å². The number of nitrogens with two attached hydrogens (primary N) is 2. The second-order valence-electron chi connectivity index (χ2n) is 6.74. The molecule has 3 rings (SSSR count). The van der Waals surface area contributed by atoms with Gasteiger partial charge in [0.2, 0.25) is 0 Å². The number of nitrogens with one attached hydrogen (secondary N) is 2. The van der Waals surface area contributed by atoms with E-state index in [1.807, 2.05) is 18.2 Å². The Morgan fingerprint density at radius 1 is 0.882 bits per heavy atom. The van der Waals surface area contributed by atoms with Crippen LogP contribution < -0.4 is 21.5 Å². The maximum atomic E-state index is 12.2. The fraction of sp³-hybridized carbons (Fsp3) is 0.100. The fourth-order valence-corrected chi connectivity index (χ4v) is 2.32. The van der Waals surface area contributed by atoms with Gasteiger partial charge in [0.25, 0.3) is 20.2 Å². The summed E-state index contributed by atoms with van der Waals surface area (Å²) < 4.78 is 57.1. The number of hydrogen-bond acceptors (Lipinski definition) is 8. The summed E-state index contributed by atoms with van der Waals surface area (Å²) in [7, 11) is -7.33. The van der Waals surface area contributed by atoms with Gasteiger partial charge in [0.05, 0.1) is 18.1 Å². The first-order valence-corrected chi connectivity index (χ1v) is 12.8. The van der Waals surface area contributed by atoms with Crippen molar-refractivity contribution in [2.45, 2.75) is 0 Å². The highest BCUT2D eigenvalue weighted by Gasteiger charge is 2.09. The monoisotopic (exact) mass is 512 g/mol. The summed E-state index contributed by atoms with van der Waals surface area (Å²) in [5.74, 6) is -0.162. The Morgan fingerprint density at radius 3 is 1.85 bits per heavy atom. The van der Waals surface area contributed by atoms with Crippen molar-refractivity contribution in [2.24, 2.45) is 5.73 Å². The molecule has 0 saturated carbocycles. The van der Waals surface area contributed by atoms with Crippen molar-refractivity contribution in [3.8, 4) is 5.75 Å². The number of anilines is 2. The molecule has 0 fully saturated rings. The summed E-state index contributed by atoms with van der Waals surface area (Å²) in [4.78, 5) is 12.2. The number of fused-ring (bicyclic) bond motifs is 1. The van der Waals surface area contributed by atoms with Crippen LogP contribution in [0.25, 0.3) is 10.8 Å². The third kappa shape index (κ3) is 13.0. The van der Waals surface area contributed by atoms with Crippen molar-refractivity contribution in [1.82, 2.24) is 0 Å². The van der Waals surface area contributed by atoms with E-state index in [1.54, 1.807) is 42.5 Å². The van der Waals surface area contributed by atoms with Crippen LogP contribution in [-0.4, -0.2) is 50.4 Å². The Hall–Kier alpha value is -3.72. The molecule has 0 aromatic heterocycles. The first kappa shape index (κ1) is 28.3. The average molecular weight is 513 g/mol. The quantitative estimate of drug-likeness (QED) is 0.0742. The molecule has 0 spiro atoms. The van der Waals surface area contributed by atoms with Gasteiger partial charge < -0.3 is 21.5 Å². The van der Waals surface area contributed by atoms with Crippen molar-refractivity contribution >= 4 is 54.3 Å². The predicted molar refractivity (Wildman–Crippen MR) is 130 cm³/mol. The molecule has 34 heavy (non-hydrogen) atoms. The molecule has 0 unspecified atom stereocenters. The molecule has 0 radical (unpaired) electrons. The number of hydrogen-bond donors (Lipinski definition) is 6. The summed E-state index contributed by atoms with van der Waals surface area (Å²) in [6.45, 7) is 0. The lowest BCUT2D eigenvalue weighted by atomic mass is 10.1.